The van der Waals surface area contributed by atoms with Crippen LogP contribution in [-0.2, 0) is 9.59 Å². The third-order valence-corrected chi connectivity index (χ3v) is 7.82. The van der Waals surface area contributed by atoms with Crippen LogP contribution in [0.3, 0.4) is 0 Å². The van der Waals surface area contributed by atoms with Gasteiger partial charge in [-0.1, -0.05) is 13.8 Å². The Labute approximate surface area is 132 Å². The molecule has 4 aliphatic carbocycles. The molecule has 3 fully saturated rings. The van der Waals surface area contributed by atoms with Crippen molar-refractivity contribution in [2.75, 3.05) is 0 Å². The first-order valence-corrected chi connectivity index (χ1v) is 8.83. The summed E-state index contributed by atoms with van der Waals surface area (Å²) < 4.78 is 0. The number of rotatable bonds is 0. The monoisotopic (exact) mass is 302 g/mol. The van der Waals surface area contributed by atoms with E-state index >= 15 is 0 Å². The highest BCUT2D eigenvalue weighted by Crippen LogP contribution is 2.65. The SMILES string of the molecule is C[C@]12CCC(=O)CC1CC[C@@H]1[C@@H]2CC[C@]2(C)C(O)=CC(=O)[C@@H]12. The summed E-state index contributed by atoms with van der Waals surface area (Å²) in [6.45, 7) is 4.44. The van der Waals surface area contributed by atoms with Crippen LogP contribution in [0.1, 0.15) is 58.8 Å². The van der Waals surface area contributed by atoms with Gasteiger partial charge < -0.3 is 5.11 Å². The number of aliphatic hydroxyl groups excluding tert-OH is 1. The first kappa shape index (κ1) is 14.5. The lowest BCUT2D eigenvalue weighted by Crippen LogP contribution is -2.54. The normalized spacial score (nSPS) is 50.9. The Hall–Kier alpha value is -1.12. The fraction of sp³-hybridized carbons (Fsp3) is 0.789. The number of Topliss-reactive ketones (excluding diaryl/α,β-unsaturated/α-hetero) is 1. The highest BCUT2D eigenvalue weighted by molar-refractivity contribution is 5.96. The van der Waals surface area contributed by atoms with Crippen LogP contribution < -0.4 is 0 Å². The molecule has 0 bridgehead atoms. The van der Waals surface area contributed by atoms with Gasteiger partial charge in [-0.3, -0.25) is 9.59 Å². The summed E-state index contributed by atoms with van der Waals surface area (Å²) in [6, 6.07) is 0. The summed E-state index contributed by atoms with van der Waals surface area (Å²) in [7, 11) is 0. The van der Waals surface area contributed by atoms with Crippen molar-refractivity contribution < 1.29 is 14.7 Å². The second-order valence-corrected chi connectivity index (χ2v) is 8.66. The van der Waals surface area contributed by atoms with E-state index in [0.29, 0.717) is 29.3 Å². The van der Waals surface area contributed by atoms with E-state index in [1.165, 1.54) is 6.08 Å². The summed E-state index contributed by atoms with van der Waals surface area (Å²) in [5.41, 5.74) is -0.109. The van der Waals surface area contributed by atoms with Gasteiger partial charge in [0, 0.05) is 30.3 Å². The number of aliphatic hydroxyl groups is 1. The highest BCUT2D eigenvalue weighted by atomic mass is 16.3. The minimum absolute atomic E-state index is 0.0262. The molecular weight excluding hydrogens is 276 g/mol. The molecule has 0 aromatic carbocycles. The van der Waals surface area contributed by atoms with Gasteiger partial charge >= 0.3 is 0 Å². The summed E-state index contributed by atoms with van der Waals surface area (Å²) in [5.74, 6) is 2.30. The van der Waals surface area contributed by atoms with E-state index in [4.69, 9.17) is 0 Å². The van der Waals surface area contributed by atoms with Crippen LogP contribution >= 0.6 is 0 Å². The molecule has 6 atom stereocenters. The molecule has 1 unspecified atom stereocenters. The van der Waals surface area contributed by atoms with Gasteiger partial charge in [-0.25, -0.2) is 0 Å². The average Bonchev–Trinajstić information content (AvgIpc) is 2.70. The fourth-order valence-electron chi connectivity index (χ4n) is 6.45. The minimum Gasteiger partial charge on any atom is -0.512 e. The Bertz CT molecular complexity index is 577. The molecule has 0 saturated heterocycles. The molecule has 3 heteroatoms. The molecular formula is C19H26O3. The molecule has 4 rings (SSSR count). The third-order valence-electron chi connectivity index (χ3n) is 7.82. The maximum Gasteiger partial charge on any atom is 0.163 e. The van der Waals surface area contributed by atoms with Crippen LogP contribution in [-0.4, -0.2) is 16.7 Å². The van der Waals surface area contributed by atoms with Crippen molar-refractivity contribution in [3.05, 3.63) is 11.8 Å². The lowest BCUT2D eigenvalue weighted by atomic mass is 9.45. The molecule has 3 nitrogen and oxygen atoms in total. The van der Waals surface area contributed by atoms with Crippen molar-refractivity contribution in [1.29, 1.82) is 0 Å². The van der Waals surface area contributed by atoms with Crippen LogP contribution in [0.5, 0.6) is 0 Å². The van der Waals surface area contributed by atoms with Crippen molar-refractivity contribution in [3.8, 4) is 0 Å². The van der Waals surface area contributed by atoms with Crippen molar-refractivity contribution >= 4 is 11.6 Å². The molecule has 0 amide bonds. The number of carbonyl (C=O) groups excluding carboxylic acids is 2. The van der Waals surface area contributed by atoms with Crippen molar-refractivity contribution in [3.63, 3.8) is 0 Å². The molecule has 0 aliphatic heterocycles. The van der Waals surface area contributed by atoms with E-state index in [2.05, 4.69) is 13.8 Å². The Morgan fingerprint density at radius 1 is 1.14 bits per heavy atom. The molecule has 0 heterocycles. The number of fused-ring (bicyclic) bond motifs is 5. The quantitative estimate of drug-likeness (QED) is 0.740. The van der Waals surface area contributed by atoms with Gasteiger partial charge in [-0.05, 0) is 55.3 Å². The predicted molar refractivity (Wildman–Crippen MR) is 83.2 cm³/mol. The van der Waals surface area contributed by atoms with E-state index in [0.717, 1.165) is 44.9 Å². The molecule has 3 saturated carbocycles. The Balaban J connectivity index is 1.69. The molecule has 0 aromatic rings. The summed E-state index contributed by atoms with van der Waals surface area (Å²) >= 11 is 0. The summed E-state index contributed by atoms with van der Waals surface area (Å²) in [6.07, 6.45) is 8.07. The van der Waals surface area contributed by atoms with Gasteiger partial charge in [-0.15, -0.1) is 0 Å². The summed E-state index contributed by atoms with van der Waals surface area (Å²) in [4.78, 5) is 24.4. The lowest BCUT2D eigenvalue weighted by Gasteiger charge is -2.59. The van der Waals surface area contributed by atoms with Gasteiger partial charge in [0.15, 0.2) is 5.78 Å². The zero-order valence-electron chi connectivity index (χ0n) is 13.6. The number of hydrogen-bond donors (Lipinski definition) is 1. The average molecular weight is 302 g/mol. The maximum atomic E-state index is 12.5. The number of ketones is 2. The molecule has 1 N–H and O–H groups in total. The third kappa shape index (κ3) is 1.68. The van der Waals surface area contributed by atoms with Gasteiger partial charge in [0.1, 0.15) is 11.5 Å². The largest absolute Gasteiger partial charge is 0.512 e. The first-order chi connectivity index (χ1) is 10.4. The van der Waals surface area contributed by atoms with E-state index in [1.54, 1.807) is 0 Å². The van der Waals surface area contributed by atoms with E-state index in [9.17, 15) is 14.7 Å². The van der Waals surface area contributed by atoms with Crippen molar-refractivity contribution in [2.24, 2.45) is 34.5 Å². The number of hydrogen-bond acceptors (Lipinski definition) is 3. The smallest absolute Gasteiger partial charge is 0.163 e. The second-order valence-electron chi connectivity index (χ2n) is 8.66. The second kappa shape index (κ2) is 4.46. The molecule has 0 spiro atoms. The topological polar surface area (TPSA) is 54.4 Å². The minimum atomic E-state index is -0.327. The van der Waals surface area contributed by atoms with Crippen LogP contribution in [0, 0.1) is 34.5 Å². The zero-order valence-corrected chi connectivity index (χ0v) is 13.6. The summed E-state index contributed by atoms with van der Waals surface area (Å²) in [5, 5.41) is 10.3. The van der Waals surface area contributed by atoms with E-state index in [1.807, 2.05) is 0 Å². The lowest BCUT2D eigenvalue weighted by molar-refractivity contribution is -0.146. The number of carbonyl (C=O) groups is 2. The van der Waals surface area contributed by atoms with Gasteiger partial charge in [0.2, 0.25) is 0 Å². The highest BCUT2D eigenvalue weighted by Gasteiger charge is 2.61. The van der Waals surface area contributed by atoms with E-state index < -0.39 is 0 Å². The van der Waals surface area contributed by atoms with Crippen LogP contribution in [0.2, 0.25) is 0 Å². The molecule has 0 radical (unpaired) electrons. The van der Waals surface area contributed by atoms with Crippen LogP contribution in [0.15, 0.2) is 11.8 Å². The van der Waals surface area contributed by atoms with Crippen LogP contribution in [0.25, 0.3) is 0 Å². The Kier molecular flexibility index (Phi) is 2.93. The van der Waals surface area contributed by atoms with Gasteiger partial charge in [0.05, 0.1) is 0 Å². The Morgan fingerprint density at radius 3 is 2.68 bits per heavy atom. The Morgan fingerprint density at radius 2 is 1.91 bits per heavy atom. The maximum absolute atomic E-state index is 12.5. The first-order valence-electron chi connectivity index (χ1n) is 8.83. The van der Waals surface area contributed by atoms with Gasteiger partial charge in [0.25, 0.3) is 0 Å². The molecule has 4 aliphatic rings. The van der Waals surface area contributed by atoms with Gasteiger partial charge in [-0.2, -0.15) is 0 Å². The predicted octanol–water partition coefficient (Wildman–Crippen LogP) is 3.83. The zero-order chi connectivity index (χ0) is 15.7. The standard InChI is InChI=1S/C19H26O3/c1-18-7-5-12(20)9-11(18)3-4-13-14(18)6-8-19(2)16(22)10-15(21)17(13)19/h10-11,13-14,17,22H,3-9H2,1-2H3/t11?,13-,14+,17-,18+,19-/m1/s1. The number of allylic oxidation sites excluding steroid dienone is 2. The van der Waals surface area contributed by atoms with Crippen molar-refractivity contribution in [1.82, 2.24) is 0 Å². The van der Waals surface area contributed by atoms with Crippen molar-refractivity contribution in [2.45, 2.75) is 58.8 Å². The van der Waals surface area contributed by atoms with Crippen LogP contribution in [0.4, 0.5) is 0 Å². The fourth-order valence-corrected chi connectivity index (χ4v) is 6.45. The molecule has 120 valence electrons. The van der Waals surface area contributed by atoms with E-state index in [-0.39, 0.29) is 22.5 Å². The molecule has 22 heavy (non-hydrogen) atoms. The molecule has 0 aromatic heterocycles.